The van der Waals surface area contributed by atoms with Gasteiger partial charge < -0.3 is 4.74 Å². The molecule has 1 saturated carbocycles. The van der Waals surface area contributed by atoms with Crippen LogP contribution in [0.25, 0.3) is 0 Å². The summed E-state index contributed by atoms with van der Waals surface area (Å²) >= 11 is 0. The van der Waals surface area contributed by atoms with Gasteiger partial charge in [-0.2, -0.15) is 0 Å². The number of nitrogens with zero attached hydrogens (tertiary/aromatic N) is 2. The molecule has 1 fully saturated rings. The van der Waals surface area contributed by atoms with Gasteiger partial charge >= 0.3 is 0 Å². The molecule has 23 heavy (non-hydrogen) atoms. The maximum atomic E-state index is 5.40. The van der Waals surface area contributed by atoms with Crippen LogP contribution >= 0.6 is 0 Å². The highest BCUT2D eigenvalue weighted by Gasteiger charge is 2.23. The summed E-state index contributed by atoms with van der Waals surface area (Å²) in [6, 6.07) is 0. The average molecular weight is 319 g/mol. The standard InChI is InChI=1S/C20H34N2O/c1-3-5-6-7-8-9-17-10-12-19(13-11-17)20-21-14-18(15-22-20)16-23-4-2/h14-15,17,19H,3-13,16H2,1-2H3. The molecule has 0 aromatic carbocycles. The Labute approximate surface area is 142 Å². The quantitative estimate of drug-likeness (QED) is 0.523. The smallest absolute Gasteiger partial charge is 0.131 e. The van der Waals surface area contributed by atoms with Crippen molar-refractivity contribution in [2.45, 2.75) is 90.6 Å². The van der Waals surface area contributed by atoms with Crippen LogP contribution in [0.5, 0.6) is 0 Å². The van der Waals surface area contributed by atoms with Gasteiger partial charge in [0.1, 0.15) is 5.82 Å². The molecular formula is C20H34N2O. The molecule has 0 spiro atoms. The van der Waals surface area contributed by atoms with Crippen LogP contribution in [0.2, 0.25) is 0 Å². The van der Waals surface area contributed by atoms with E-state index in [1.165, 1.54) is 64.2 Å². The van der Waals surface area contributed by atoms with Crippen molar-refractivity contribution in [3.8, 4) is 0 Å². The number of unbranched alkanes of at least 4 members (excludes halogenated alkanes) is 4. The average Bonchev–Trinajstić information content (AvgIpc) is 2.61. The molecule has 0 atom stereocenters. The van der Waals surface area contributed by atoms with E-state index in [4.69, 9.17) is 4.74 Å². The van der Waals surface area contributed by atoms with Crippen LogP contribution in [-0.2, 0) is 11.3 Å². The highest BCUT2D eigenvalue weighted by Crippen LogP contribution is 2.36. The normalized spacial score (nSPS) is 21.5. The molecule has 1 aliphatic carbocycles. The Kier molecular flexibility index (Phi) is 8.59. The van der Waals surface area contributed by atoms with E-state index in [-0.39, 0.29) is 0 Å². The third kappa shape index (κ3) is 6.58. The van der Waals surface area contributed by atoms with Gasteiger partial charge in [-0.1, -0.05) is 45.4 Å². The minimum absolute atomic E-state index is 0.576. The fraction of sp³-hybridized carbons (Fsp3) is 0.800. The Balaban J connectivity index is 1.67. The SMILES string of the molecule is CCCCCCCC1CCC(c2ncc(COCC)cn2)CC1. The van der Waals surface area contributed by atoms with Gasteiger partial charge in [-0.25, -0.2) is 9.97 Å². The fourth-order valence-electron chi connectivity index (χ4n) is 3.62. The van der Waals surface area contributed by atoms with Crippen molar-refractivity contribution >= 4 is 0 Å². The Hall–Kier alpha value is -0.960. The summed E-state index contributed by atoms with van der Waals surface area (Å²) < 4.78 is 5.40. The zero-order valence-electron chi connectivity index (χ0n) is 15.1. The second-order valence-electron chi connectivity index (χ2n) is 7.01. The van der Waals surface area contributed by atoms with Gasteiger partial charge in [0.25, 0.3) is 0 Å². The lowest BCUT2D eigenvalue weighted by molar-refractivity contribution is 0.133. The van der Waals surface area contributed by atoms with E-state index in [2.05, 4.69) is 16.9 Å². The van der Waals surface area contributed by atoms with E-state index >= 15 is 0 Å². The number of ether oxygens (including phenoxy) is 1. The Bertz CT molecular complexity index is 410. The van der Waals surface area contributed by atoms with Crippen molar-refractivity contribution < 1.29 is 4.74 Å². The van der Waals surface area contributed by atoms with Crippen molar-refractivity contribution in [3.05, 3.63) is 23.8 Å². The van der Waals surface area contributed by atoms with Crippen molar-refractivity contribution in [1.82, 2.24) is 9.97 Å². The lowest BCUT2D eigenvalue weighted by atomic mass is 9.79. The summed E-state index contributed by atoms with van der Waals surface area (Å²) in [5.41, 5.74) is 1.08. The summed E-state index contributed by atoms with van der Waals surface area (Å²) in [7, 11) is 0. The highest BCUT2D eigenvalue weighted by molar-refractivity contribution is 5.07. The van der Waals surface area contributed by atoms with Crippen LogP contribution in [0.15, 0.2) is 12.4 Å². The van der Waals surface area contributed by atoms with Crippen LogP contribution in [0.3, 0.4) is 0 Å². The molecule has 0 amide bonds. The fourth-order valence-corrected chi connectivity index (χ4v) is 3.62. The highest BCUT2D eigenvalue weighted by atomic mass is 16.5. The minimum Gasteiger partial charge on any atom is -0.377 e. The first-order valence-corrected chi connectivity index (χ1v) is 9.72. The minimum atomic E-state index is 0.576. The second-order valence-corrected chi connectivity index (χ2v) is 7.01. The second kappa shape index (κ2) is 10.7. The third-order valence-corrected chi connectivity index (χ3v) is 5.13. The van der Waals surface area contributed by atoms with Crippen LogP contribution in [-0.4, -0.2) is 16.6 Å². The molecule has 1 aliphatic rings. The molecule has 2 rings (SSSR count). The third-order valence-electron chi connectivity index (χ3n) is 5.13. The van der Waals surface area contributed by atoms with Crippen LogP contribution < -0.4 is 0 Å². The van der Waals surface area contributed by atoms with Gasteiger partial charge in [0, 0.05) is 30.5 Å². The molecule has 0 aliphatic heterocycles. The van der Waals surface area contributed by atoms with E-state index in [0.29, 0.717) is 12.5 Å². The number of hydrogen-bond acceptors (Lipinski definition) is 3. The maximum Gasteiger partial charge on any atom is 0.131 e. The molecule has 1 heterocycles. The van der Waals surface area contributed by atoms with E-state index in [1.54, 1.807) is 0 Å². The van der Waals surface area contributed by atoms with Crippen molar-refractivity contribution in [3.63, 3.8) is 0 Å². The lowest BCUT2D eigenvalue weighted by Crippen LogP contribution is -2.15. The molecule has 0 radical (unpaired) electrons. The molecule has 3 heteroatoms. The predicted octanol–water partition coefficient (Wildman–Crippen LogP) is 5.65. The molecule has 0 N–H and O–H groups in total. The van der Waals surface area contributed by atoms with Gasteiger partial charge in [-0.15, -0.1) is 0 Å². The van der Waals surface area contributed by atoms with Crippen molar-refractivity contribution in [2.75, 3.05) is 6.61 Å². The van der Waals surface area contributed by atoms with Gasteiger partial charge in [0.15, 0.2) is 0 Å². The zero-order chi connectivity index (χ0) is 16.3. The monoisotopic (exact) mass is 318 g/mol. The summed E-state index contributed by atoms with van der Waals surface area (Å²) in [5, 5.41) is 0. The summed E-state index contributed by atoms with van der Waals surface area (Å²) in [4.78, 5) is 9.17. The molecule has 0 unspecified atom stereocenters. The zero-order valence-corrected chi connectivity index (χ0v) is 15.1. The number of rotatable bonds is 10. The van der Waals surface area contributed by atoms with Gasteiger partial charge in [0.05, 0.1) is 6.61 Å². The van der Waals surface area contributed by atoms with E-state index < -0.39 is 0 Å². The molecule has 130 valence electrons. The van der Waals surface area contributed by atoms with E-state index in [9.17, 15) is 0 Å². The lowest BCUT2D eigenvalue weighted by Gasteiger charge is -2.27. The van der Waals surface area contributed by atoms with Crippen molar-refractivity contribution in [1.29, 1.82) is 0 Å². The first-order chi connectivity index (χ1) is 11.3. The van der Waals surface area contributed by atoms with Gasteiger partial charge in [-0.05, 0) is 38.5 Å². The Morgan fingerprint density at radius 1 is 0.957 bits per heavy atom. The summed E-state index contributed by atoms with van der Waals surface area (Å²) in [6.07, 6.45) is 17.6. The molecular weight excluding hydrogens is 284 g/mol. The van der Waals surface area contributed by atoms with Gasteiger partial charge in [0.2, 0.25) is 0 Å². The largest absolute Gasteiger partial charge is 0.377 e. The van der Waals surface area contributed by atoms with Crippen LogP contribution in [0, 0.1) is 5.92 Å². The molecule has 0 saturated heterocycles. The molecule has 1 aromatic heterocycles. The molecule has 1 aromatic rings. The first kappa shape index (κ1) is 18.4. The molecule has 3 nitrogen and oxygen atoms in total. The summed E-state index contributed by atoms with van der Waals surface area (Å²) in [5.74, 6) is 2.57. The summed E-state index contributed by atoms with van der Waals surface area (Å²) in [6.45, 7) is 5.66. The number of aromatic nitrogens is 2. The van der Waals surface area contributed by atoms with E-state index in [1.807, 2.05) is 19.3 Å². The Morgan fingerprint density at radius 3 is 2.30 bits per heavy atom. The van der Waals surface area contributed by atoms with Crippen LogP contribution in [0.1, 0.15) is 95.4 Å². The maximum absolute atomic E-state index is 5.40. The Morgan fingerprint density at radius 2 is 1.65 bits per heavy atom. The van der Waals surface area contributed by atoms with Crippen LogP contribution in [0.4, 0.5) is 0 Å². The molecule has 0 bridgehead atoms. The predicted molar refractivity (Wildman–Crippen MR) is 95.4 cm³/mol. The van der Waals surface area contributed by atoms with Gasteiger partial charge in [-0.3, -0.25) is 0 Å². The van der Waals surface area contributed by atoms with E-state index in [0.717, 1.165) is 23.9 Å². The number of hydrogen-bond donors (Lipinski definition) is 0. The van der Waals surface area contributed by atoms with Crippen molar-refractivity contribution in [2.24, 2.45) is 5.92 Å². The topological polar surface area (TPSA) is 35.0 Å². The first-order valence-electron chi connectivity index (χ1n) is 9.72.